The van der Waals surface area contributed by atoms with Crippen LogP contribution in [0, 0.1) is 23.7 Å². The summed E-state index contributed by atoms with van der Waals surface area (Å²) in [6.45, 7) is 14.2. The van der Waals surface area contributed by atoms with Crippen molar-refractivity contribution in [2.75, 3.05) is 39.6 Å². The summed E-state index contributed by atoms with van der Waals surface area (Å²) in [5.41, 5.74) is 0. The molecule has 4 unspecified atom stereocenters. The molecule has 0 rings (SSSR count). The van der Waals surface area contributed by atoms with Gasteiger partial charge in [0.25, 0.3) is 0 Å². The van der Waals surface area contributed by atoms with Gasteiger partial charge in [-0.2, -0.15) is 0 Å². The predicted molar refractivity (Wildman–Crippen MR) is 400 cm³/mol. The second-order valence-electron chi connectivity index (χ2n) is 30.1. The highest BCUT2D eigenvalue weighted by Gasteiger charge is 2.30. The molecule has 6 atom stereocenters. The van der Waals surface area contributed by atoms with Crippen LogP contribution in [0.25, 0.3) is 0 Å². The first-order valence-electron chi connectivity index (χ1n) is 40.7. The lowest BCUT2D eigenvalue weighted by atomic mass is 9.99. The van der Waals surface area contributed by atoms with Gasteiger partial charge in [-0.25, -0.2) is 9.13 Å². The first-order valence-corrected chi connectivity index (χ1v) is 43.7. The first kappa shape index (κ1) is 96.1. The Morgan fingerprint density at radius 2 is 0.490 bits per heavy atom. The van der Waals surface area contributed by atoms with Gasteiger partial charge in [-0.05, 0) is 49.4 Å². The van der Waals surface area contributed by atoms with Crippen molar-refractivity contribution in [1.29, 1.82) is 0 Å². The van der Waals surface area contributed by atoms with E-state index in [1.165, 1.54) is 205 Å². The molecule has 582 valence electrons. The number of rotatable bonds is 76. The molecule has 0 saturated carbocycles. The zero-order chi connectivity index (χ0) is 72.4. The van der Waals surface area contributed by atoms with E-state index < -0.39 is 97.5 Å². The predicted octanol–water partition coefficient (Wildman–Crippen LogP) is 23.2. The molecule has 0 aromatic heterocycles. The Hall–Kier alpha value is -1.94. The number of carbonyl (C=O) groups is 4. The van der Waals surface area contributed by atoms with Gasteiger partial charge >= 0.3 is 39.5 Å². The maximum atomic E-state index is 13.1. The van der Waals surface area contributed by atoms with Crippen LogP contribution in [-0.2, 0) is 65.4 Å². The minimum atomic E-state index is -4.96. The van der Waals surface area contributed by atoms with E-state index in [1.807, 2.05) is 0 Å². The van der Waals surface area contributed by atoms with Crippen LogP contribution in [0.15, 0.2) is 0 Å². The van der Waals surface area contributed by atoms with Crippen molar-refractivity contribution >= 4 is 39.5 Å². The Kier molecular flexibility index (Phi) is 66.8. The number of aliphatic hydroxyl groups excluding tert-OH is 1. The largest absolute Gasteiger partial charge is 0.472 e. The number of phosphoric ester groups is 2. The number of hydrogen-bond acceptors (Lipinski definition) is 15. The Bertz CT molecular complexity index is 1920. The van der Waals surface area contributed by atoms with Gasteiger partial charge in [-0.1, -0.05) is 351 Å². The van der Waals surface area contributed by atoms with E-state index in [-0.39, 0.29) is 25.7 Å². The van der Waals surface area contributed by atoms with Crippen LogP contribution < -0.4 is 0 Å². The van der Waals surface area contributed by atoms with Crippen LogP contribution in [0.4, 0.5) is 0 Å². The molecule has 0 aliphatic rings. The van der Waals surface area contributed by atoms with Crippen LogP contribution in [-0.4, -0.2) is 96.7 Å². The summed E-state index contributed by atoms with van der Waals surface area (Å²) < 4.78 is 68.6. The number of carbonyl (C=O) groups excluding carboxylic acids is 4. The lowest BCUT2D eigenvalue weighted by molar-refractivity contribution is -0.161. The highest BCUT2D eigenvalue weighted by Crippen LogP contribution is 2.45. The number of unbranched alkanes of at least 4 members (excludes halogenated alkanes) is 41. The summed E-state index contributed by atoms with van der Waals surface area (Å²) in [6.07, 6.45) is 54.2. The van der Waals surface area contributed by atoms with Crippen LogP contribution in [0.3, 0.4) is 0 Å². The third kappa shape index (κ3) is 71.1. The maximum absolute atomic E-state index is 13.1. The lowest BCUT2D eigenvalue weighted by Crippen LogP contribution is -2.30. The van der Waals surface area contributed by atoms with Crippen LogP contribution in [0.5, 0.6) is 0 Å². The molecule has 17 nitrogen and oxygen atoms in total. The lowest BCUT2D eigenvalue weighted by Gasteiger charge is -2.21. The number of ether oxygens (including phenoxy) is 4. The fraction of sp³-hybridized carbons (Fsp3) is 0.949. The number of esters is 4. The van der Waals surface area contributed by atoms with E-state index in [2.05, 4.69) is 55.4 Å². The highest BCUT2D eigenvalue weighted by molar-refractivity contribution is 7.47. The standard InChI is InChI=1S/C79H154O17P2/c1-9-72(8)58-50-42-34-24-20-16-14-12-10-11-13-15-17-21-25-37-45-53-61-78(83)95-74(65-89-76(81)59-51-43-35-29-27-32-40-48-56-70(4)5)67-93-97(85,86)91-63-73(80)64-92-98(87,88)94-68-75(66-90-77(82)60-52-44-36-30-28-33-41-49-57-71(6)7)96-79(84)62-54-46-38-26-22-18-19-23-31-39-47-55-69(2)3/h69-75,80H,9-68H2,1-8H3,(H,85,86)(H,87,88)/t72?,73?,74-,75-/m1/s1. The van der Waals surface area contributed by atoms with Crippen LogP contribution in [0.2, 0.25) is 0 Å². The molecule has 98 heavy (non-hydrogen) atoms. The smallest absolute Gasteiger partial charge is 0.462 e. The van der Waals surface area contributed by atoms with Crippen molar-refractivity contribution < 1.29 is 80.2 Å². The fourth-order valence-electron chi connectivity index (χ4n) is 12.0. The summed E-state index contributed by atoms with van der Waals surface area (Å²) in [5, 5.41) is 10.6. The average molecular weight is 1440 g/mol. The molecular weight excluding hydrogens is 1280 g/mol. The summed E-state index contributed by atoms with van der Waals surface area (Å²) in [6, 6.07) is 0. The SMILES string of the molecule is CCC(C)CCCCCCCCCCCCCCCCCCCCC(=O)O[C@H](COC(=O)CCCCCCCCCCC(C)C)COP(=O)(O)OCC(O)COP(=O)(O)OC[C@@H](COC(=O)CCCCCCCCCCC(C)C)OC(=O)CCCCCCCCCCCCCC(C)C. The summed E-state index contributed by atoms with van der Waals surface area (Å²) in [4.78, 5) is 72.9. The summed E-state index contributed by atoms with van der Waals surface area (Å²) in [5.74, 6) is 0.970. The molecule has 3 N–H and O–H groups in total. The number of aliphatic hydroxyl groups is 1. The molecule has 0 amide bonds. The van der Waals surface area contributed by atoms with E-state index in [1.54, 1.807) is 0 Å². The van der Waals surface area contributed by atoms with Crippen molar-refractivity contribution in [3.8, 4) is 0 Å². The van der Waals surface area contributed by atoms with Gasteiger partial charge in [0, 0.05) is 25.7 Å². The molecule has 0 spiro atoms. The Balaban J connectivity index is 5.19. The molecule has 19 heteroatoms. The quantitative estimate of drug-likeness (QED) is 0.0222. The zero-order valence-corrected chi connectivity index (χ0v) is 66.2. The Labute approximate surface area is 600 Å². The minimum absolute atomic E-state index is 0.106. The summed E-state index contributed by atoms with van der Waals surface area (Å²) >= 11 is 0. The fourth-order valence-corrected chi connectivity index (χ4v) is 13.6. The molecular formula is C79H154O17P2. The maximum Gasteiger partial charge on any atom is 0.472 e. The monoisotopic (exact) mass is 1440 g/mol. The normalized spacial score (nSPS) is 14.3. The van der Waals surface area contributed by atoms with Gasteiger partial charge < -0.3 is 33.8 Å². The third-order valence-corrected chi connectivity index (χ3v) is 20.6. The van der Waals surface area contributed by atoms with Crippen molar-refractivity contribution in [3.63, 3.8) is 0 Å². The second-order valence-corrected chi connectivity index (χ2v) is 33.0. The van der Waals surface area contributed by atoms with Gasteiger partial charge in [0.05, 0.1) is 26.4 Å². The average Bonchev–Trinajstić information content (AvgIpc) is 0.975. The Morgan fingerprint density at radius 3 is 0.724 bits per heavy atom. The summed E-state index contributed by atoms with van der Waals surface area (Å²) in [7, 11) is -9.92. The molecule has 0 radical (unpaired) electrons. The molecule has 0 fully saturated rings. The van der Waals surface area contributed by atoms with E-state index >= 15 is 0 Å². The van der Waals surface area contributed by atoms with E-state index in [9.17, 15) is 43.2 Å². The minimum Gasteiger partial charge on any atom is -0.462 e. The van der Waals surface area contributed by atoms with Crippen molar-refractivity contribution in [2.45, 2.75) is 420 Å². The second kappa shape index (κ2) is 68.2. The molecule has 0 saturated heterocycles. The molecule has 0 aliphatic carbocycles. The molecule has 0 aliphatic heterocycles. The van der Waals surface area contributed by atoms with E-state index in [0.29, 0.717) is 25.7 Å². The van der Waals surface area contributed by atoms with Gasteiger partial charge in [-0.15, -0.1) is 0 Å². The van der Waals surface area contributed by atoms with Crippen molar-refractivity contribution in [2.24, 2.45) is 23.7 Å². The highest BCUT2D eigenvalue weighted by atomic mass is 31.2. The van der Waals surface area contributed by atoms with E-state index in [0.717, 1.165) is 114 Å². The molecule has 0 heterocycles. The Morgan fingerprint density at radius 1 is 0.286 bits per heavy atom. The molecule has 0 bridgehead atoms. The van der Waals surface area contributed by atoms with Crippen LogP contribution in [0.1, 0.15) is 402 Å². The van der Waals surface area contributed by atoms with Gasteiger partial charge in [-0.3, -0.25) is 37.3 Å². The van der Waals surface area contributed by atoms with Gasteiger partial charge in [0.15, 0.2) is 12.2 Å². The van der Waals surface area contributed by atoms with E-state index in [4.69, 9.17) is 37.0 Å². The topological polar surface area (TPSA) is 237 Å². The number of phosphoric acid groups is 2. The third-order valence-electron chi connectivity index (χ3n) is 18.7. The van der Waals surface area contributed by atoms with Gasteiger partial charge in [0.1, 0.15) is 19.3 Å². The van der Waals surface area contributed by atoms with Gasteiger partial charge in [0.2, 0.25) is 0 Å². The molecule has 0 aromatic rings. The van der Waals surface area contributed by atoms with Crippen LogP contribution >= 0.6 is 15.6 Å². The van der Waals surface area contributed by atoms with Crippen molar-refractivity contribution in [3.05, 3.63) is 0 Å². The first-order chi connectivity index (χ1) is 47.1. The molecule has 0 aromatic carbocycles. The zero-order valence-electron chi connectivity index (χ0n) is 64.4. The number of hydrogen-bond donors (Lipinski definition) is 3. The van der Waals surface area contributed by atoms with Crippen molar-refractivity contribution in [1.82, 2.24) is 0 Å².